The van der Waals surface area contributed by atoms with E-state index in [-0.39, 0.29) is 5.24 Å². The zero-order chi connectivity index (χ0) is 14.4. The fraction of sp³-hybridized carbons (Fsp3) is 0.533. The number of benzene rings is 1. The van der Waals surface area contributed by atoms with Crippen molar-refractivity contribution >= 4 is 28.6 Å². The molecule has 0 unspecified atom stereocenters. The zero-order valence-electron chi connectivity index (χ0n) is 11.7. The largest absolute Gasteiger partial charge is 0.496 e. The van der Waals surface area contributed by atoms with Gasteiger partial charge in [-0.15, -0.1) is 0 Å². The molecule has 1 amide bonds. The van der Waals surface area contributed by atoms with Crippen molar-refractivity contribution in [2.45, 2.75) is 31.4 Å². The molecule has 5 heteroatoms. The minimum absolute atomic E-state index is 0.161. The Labute approximate surface area is 129 Å². The minimum Gasteiger partial charge on any atom is -0.496 e. The van der Waals surface area contributed by atoms with E-state index in [0.29, 0.717) is 10.8 Å². The second-order valence-corrected chi connectivity index (χ2v) is 6.28. The number of likely N-dealkylation sites (tertiary alicyclic amines) is 1. The van der Waals surface area contributed by atoms with Crippen molar-refractivity contribution in [3.8, 4) is 5.75 Å². The average molecular weight is 314 g/mol. The van der Waals surface area contributed by atoms with E-state index in [0.717, 1.165) is 37.2 Å². The predicted molar refractivity (Wildman–Crippen MR) is 84.7 cm³/mol. The van der Waals surface area contributed by atoms with Crippen molar-refractivity contribution in [3.05, 3.63) is 28.8 Å². The molecule has 1 heterocycles. The lowest BCUT2D eigenvalue weighted by molar-refractivity contribution is 0.225. The number of carbonyl (C=O) groups excluding carboxylic acids is 1. The van der Waals surface area contributed by atoms with Crippen molar-refractivity contribution in [1.29, 1.82) is 0 Å². The van der Waals surface area contributed by atoms with E-state index in [1.807, 2.05) is 17.0 Å². The van der Waals surface area contributed by atoms with Crippen LogP contribution in [0.15, 0.2) is 18.2 Å². The van der Waals surface area contributed by atoms with Crippen molar-refractivity contribution in [1.82, 2.24) is 4.90 Å². The van der Waals surface area contributed by atoms with Gasteiger partial charge >= 0.3 is 0 Å². The summed E-state index contributed by atoms with van der Waals surface area (Å²) < 4.78 is 5.30. The molecule has 0 aromatic heterocycles. The molecule has 110 valence electrons. The SMILES string of the molecule is COc1ccc(Cl)cc1CSC(=O)N1CCCCCC1. The van der Waals surface area contributed by atoms with Gasteiger partial charge in [-0.1, -0.05) is 36.2 Å². The Morgan fingerprint density at radius 3 is 2.65 bits per heavy atom. The first kappa shape index (κ1) is 15.5. The maximum Gasteiger partial charge on any atom is 0.281 e. The van der Waals surface area contributed by atoms with Gasteiger partial charge < -0.3 is 9.64 Å². The highest BCUT2D eigenvalue weighted by Gasteiger charge is 2.16. The number of rotatable bonds is 3. The Hall–Kier alpha value is -0.870. The second kappa shape index (κ2) is 7.79. The topological polar surface area (TPSA) is 29.5 Å². The third-order valence-corrected chi connectivity index (χ3v) is 4.65. The number of hydrogen-bond donors (Lipinski definition) is 0. The number of methoxy groups -OCH3 is 1. The van der Waals surface area contributed by atoms with E-state index in [2.05, 4.69) is 0 Å². The number of halogens is 1. The number of carbonyl (C=O) groups is 1. The van der Waals surface area contributed by atoms with Crippen molar-refractivity contribution < 1.29 is 9.53 Å². The maximum atomic E-state index is 12.2. The lowest BCUT2D eigenvalue weighted by Gasteiger charge is -2.19. The molecule has 0 saturated carbocycles. The normalized spacial score (nSPS) is 15.8. The standard InChI is InChI=1S/C15H20ClNO2S/c1-19-14-7-6-13(16)10-12(14)11-20-15(18)17-8-4-2-3-5-9-17/h6-7,10H,2-5,8-9,11H2,1H3. The molecule has 1 aromatic carbocycles. The molecule has 0 bridgehead atoms. The van der Waals surface area contributed by atoms with Gasteiger partial charge in [-0.25, -0.2) is 0 Å². The van der Waals surface area contributed by atoms with Crippen molar-refractivity contribution in [2.75, 3.05) is 20.2 Å². The van der Waals surface area contributed by atoms with Crippen LogP contribution in [0, 0.1) is 0 Å². The first-order valence-corrected chi connectivity index (χ1v) is 8.31. The lowest BCUT2D eigenvalue weighted by atomic mass is 10.2. The molecule has 20 heavy (non-hydrogen) atoms. The van der Waals surface area contributed by atoms with Crippen LogP contribution in [0.3, 0.4) is 0 Å². The molecule has 1 aliphatic rings. The van der Waals surface area contributed by atoms with Gasteiger partial charge in [0.1, 0.15) is 5.75 Å². The van der Waals surface area contributed by atoms with Gasteiger partial charge in [-0.05, 0) is 31.0 Å². The van der Waals surface area contributed by atoms with E-state index in [1.165, 1.54) is 24.6 Å². The van der Waals surface area contributed by atoms with Crippen LogP contribution in [-0.2, 0) is 5.75 Å². The summed E-state index contributed by atoms with van der Waals surface area (Å²) in [5.41, 5.74) is 0.966. The summed E-state index contributed by atoms with van der Waals surface area (Å²) in [6, 6.07) is 5.50. The lowest BCUT2D eigenvalue weighted by Crippen LogP contribution is -2.28. The summed E-state index contributed by atoms with van der Waals surface area (Å²) in [6.45, 7) is 1.77. The van der Waals surface area contributed by atoms with Crippen LogP contribution in [0.4, 0.5) is 4.79 Å². The van der Waals surface area contributed by atoms with Crippen LogP contribution in [0.2, 0.25) is 5.02 Å². The average Bonchev–Trinajstić information content (AvgIpc) is 2.74. The van der Waals surface area contributed by atoms with Crippen LogP contribution in [0.25, 0.3) is 0 Å². The number of ether oxygens (including phenoxy) is 1. The molecule has 0 spiro atoms. The molecular formula is C15H20ClNO2S. The number of thioether (sulfide) groups is 1. The number of hydrogen-bond acceptors (Lipinski definition) is 3. The maximum absolute atomic E-state index is 12.2. The van der Waals surface area contributed by atoms with E-state index in [9.17, 15) is 4.79 Å². The van der Waals surface area contributed by atoms with E-state index >= 15 is 0 Å². The molecule has 0 aliphatic carbocycles. The smallest absolute Gasteiger partial charge is 0.281 e. The van der Waals surface area contributed by atoms with Crippen LogP contribution in [-0.4, -0.2) is 30.3 Å². The fourth-order valence-corrected chi connectivity index (χ4v) is 3.41. The van der Waals surface area contributed by atoms with Crippen molar-refractivity contribution in [3.63, 3.8) is 0 Å². The first-order valence-electron chi connectivity index (χ1n) is 6.95. The molecule has 1 fully saturated rings. The first-order chi connectivity index (χ1) is 9.70. The molecule has 1 aliphatic heterocycles. The minimum atomic E-state index is 0.161. The molecule has 0 atom stereocenters. The Morgan fingerprint density at radius 1 is 1.30 bits per heavy atom. The van der Waals surface area contributed by atoms with Gasteiger partial charge in [-0.3, -0.25) is 4.79 Å². The highest BCUT2D eigenvalue weighted by Crippen LogP contribution is 2.28. The number of nitrogens with zero attached hydrogens (tertiary/aromatic N) is 1. The quantitative estimate of drug-likeness (QED) is 0.818. The third kappa shape index (κ3) is 4.32. The summed E-state index contributed by atoms with van der Waals surface area (Å²) in [5.74, 6) is 1.38. The zero-order valence-corrected chi connectivity index (χ0v) is 13.3. The molecule has 3 nitrogen and oxygen atoms in total. The van der Waals surface area contributed by atoms with Crippen LogP contribution in [0.1, 0.15) is 31.2 Å². The molecule has 0 N–H and O–H groups in total. The molecule has 2 rings (SSSR count). The summed E-state index contributed by atoms with van der Waals surface area (Å²) in [4.78, 5) is 14.2. The summed E-state index contributed by atoms with van der Waals surface area (Å²) in [6.07, 6.45) is 4.70. The Morgan fingerprint density at radius 2 is 2.00 bits per heavy atom. The van der Waals surface area contributed by atoms with E-state index < -0.39 is 0 Å². The second-order valence-electron chi connectivity index (χ2n) is 4.91. The van der Waals surface area contributed by atoms with Gasteiger partial charge in [0.25, 0.3) is 5.24 Å². The van der Waals surface area contributed by atoms with Gasteiger partial charge in [0.15, 0.2) is 0 Å². The van der Waals surface area contributed by atoms with Crippen LogP contribution < -0.4 is 4.74 Å². The Kier molecular flexibility index (Phi) is 6.05. The highest BCUT2D eigenvalue weighted by molar-refractivity contribution is 8.12. The van der Waals surface area contributed by atoms with E-state index in [1.54, 1.807) is 13.2 Å². The van der Waals surface area contributed by atoms with E-state index in [4.69, 9.17) is 16.3 Å². The van der Waals surface area contributed by atoms with Gasteiger partial charge in [0.05, 0.1) is 7.11 Å². The van der Waals surface area contributed by atoms with Gasteiger partial charge in [0, 0.05) is 29.4 Å². The van der Waals surface area contributed by atoms with Crippen LogP contribution >= 0.6 is 23.4 Å². The predicted octanol–water partition coefficient (Wildman–Crippen LogP) is 4.58. The number of amides is 1. The molecule has 0 radical (unpaired) electrons. The summed E-state index contributed by atoms with van der Waals surface area (Å²) in [7, 11) is 1.63. The molecule has 1 aromatic rings. The summed E-state index contributed by atoms with van der Waals surface area (Å²) in [5, 5.41) is 0.831. The molecular weight excluding hydrogens is 294 g/mol. The third-order valence-electron chi connectivity index (χ3n) is 3.46. The highest BCUT2D eigenvalue weighted by atomic mass is 35.5. The fourth-order valence-electron chi connectivity index (χ4n) is 2.34. The monoisotopic (exact) mass is 313 g/mol. The Balaban J connectivity index is 1.93. The van der Waals surface area contributed by atoms with Gasteiger partial charge in [0.2, 0.25) is 0 Å². The Bertz CT molecular complexity index is 459. The van der Waals surface area contributed by atoms with Crippen LogP contribution in [0.5, 0.6) is 5.75 Å². The summed E-state index contributed by atoms with van der Waals surface area (Å²) >= 11 is 7.33. The molecule has 1 saturated heterocycles. The van der Waals surface area contributed by atoms with Crippen molar-refractivity contribution in [2.24, 2.45) is 0 Å². The van der Waals surface area contributed by atoms with Gasteiger partial charge in [-0.2, -0.15) is 0 Å².